The molecule has 0 unspecified atom stereocenters. The van der Waals surface area contributed by atoms with Crippen LogP contribution in [0.1, 0.15) is 11.3 Å². The second kappa shape index (κ2) is 9.27. The van der Waals surface area contributed by atoms with Gasteiger partial charge in [-0.1, -0.05) is 0 Å². The number of hydrogen-bond donors (Lipinski definition) is 0. The topological polar surface area (TPSA) is 92.4 Å². The Hall–Kier alpha value is -3.59. The lowest BCUT2D eigenvalue weighted by Crippen LogP contribution is -1.97. The van der Waals surface area contributed by atoms with Gasteiger partial charge >= 0.3 is 0 Å². The molecule has 0 spiro atoms. The van der Waals surface area contributed by atoms with Crippen LogP contribution in [-0.4, -0.2) is 41.3 Å². The van der Waals surface area contributed by atoms with Crippen LogP contribution in [0.25, 0.3) is 22.7 Å². The van der Waals surface area contributed by atoms with E-state index in [-0.39, 0.29) is 0 Å². The van der Waals surface area contributed by atoms with Gasteiger partial charge in [0.05, 0.1) is 32.5 Å². The van der Waals surface area contributed by atoms with Crippen molar-refractivity contribution in [2.24, 2.45) is 0 Å². The number of aromatic nitrogens is 4. The molecule has 0 aliphatic rings. The maximum atomic E-state index is 6.16. The summed E-state index contributed by atoms with van der Waals surface area (Å²) < 4.78 is 22.8. The van der Waals surface area contributed by atoms with Crippen molar-refractivity contribution >= 4 is 11.8 Å². The van der Waals surface area contributed by atoms with E-state index in [0.717, 1.165) is 16.8 Å². The molecule has 0 bridgehead atoms. The van der Waals surface area contributed by atoms with Crippen molar-refractivity contribution in [3.05, 3.63) is 54.1 Å². The summed E-state index contributed by atoms with van der Waals surface area (Å²) >= 11 is 1.29. The van der Waals surface area contributed by atoms with E-state index < -0.39 is 0 Å². The van der Waals surface area contributed by atoms with E-state index in [4.69, 9.17) is 23.6 Å². The quantitative estimate of drug-likeness (QED) is 0.361. The van der Waals surface area contributed by atoms with Crippen LogP contribution in [0, 0.1) is 13.8 Å². The lowest BCUT2D eigenvalue weighted by atomic mass is 10.1. The van der Waals surface area contributed by atoms with Gasteiger partial charge in [-0.3, -0.25) is 4.98 Å². The summed E-state index contributed by atoms with van der Waals surface area (Å²) in [5, 5.41) is 1.08. The summed E-state index contributed by atoms with van der Waals surface area (Å²) in [4.78, 5) is 17.9. The van der Waals surface area contributed by atoms with Crippen molar-refractivity contribution in [1.82, 2.24) is 19.9 Å². The highest BCUT2D eigenvalue weighted by Gasteiger charge is 2.25. The van der Waals surface area contributed by atoms with Crippen molar-refractivity contribution in [2.75, 3.05) is 21.3 Å². The van der Waals surface area contributed by atoms with E-state index in [1.54, 1.807) is 46.0 Å². The molecule has 0 atom stereocenters. The average Bonchev–Trinajstić information content (AvgIpc) is 3.24. The fourth-order valence-corrected chi connectivity index (χ4v) is 3.91. The Morgan fingerprint density at radius 1 is 0.906 bits per heavy atom. The van der Waals surface area contributed by atoms with Crippen LogP contribution in [-0.2, 0) is 0 Å². The lowest BCUT2D eigenvalue weighted by Gasteiger charge is -2.15. The number of rotatable bonds is 7. The summed E-state index contributed by atoms with van der Waals surface area (Å²) in [5.41, 5.74) is 3.94. The van der Waals surface area contributed by atoms with E-state index in [2.05, 4.69) is 15.0 Å². The van der Waals surface area contributed by atoms with Gasteiger partial charge in [0.15, 0.2) is 21.7 Å². The van der Waals surface area contributed by atoms with Crippen LogP contribution < -0.4 is 14.2 Å². The highest BCUT2D eigenvalue weighted by molar-refractivity contribution is 7.99. The van der Waals surface area contributed by atoms with Gasteiger partial charge in [-0.15, -0.1) is 0 Å². The molecule has 0 aliphatic heterocycles. The largest absolute Gasteiger partial charge is 0.493 e. The van der Waals surface area contributed by atoms with Crippen molar-refractivity contribution in [3.8, 4) is 40.0 Å². The van der Waals surface area contributed by atoms with E-state index in [1.165, 1.54) is 11.8 Å². The minimum atomic E-state index is 0.427. The van der Waals surface area contributed by atoms with Gasteiger partial charge in [0.2, 0.25) is 11.6 Å². The maximum absolute atomic E-state index is 6.16. The molecule has 3 heterocycles. The Morgan fingerprint density at radius 3 is 2.38 bits per heavy atom. The van der Waals surface area contributed by atoms with Crippen LogP contribution in [0.15, 0.2) is 57.5 Å². The molecule has 32 heavy (non-hydrogen) atoms. The first-order valence-corrected chi connectivity index (χ1v) is 10.6. The number of oxazole rings is 1. The minimum Gasteiger partial charge on any atom is -0.493 e. The number of pyridine rings is 1. The van der Waals surface area contributed by atoms with Crippen LogP contribution in [0.2, 0.25) is 0 Å². The van der Waals surface area contributed by atoms with Crippen molar-refractivity contribution < 1.29 is 18.6 Å². The lowest BCUT2D eigenvalue weighted by molar-refractivity contribution is 0.325. The van der Waals surface area contributed by atoms with Crippen LogP contribution in [0.4, 0.5) is 0 Å². The second-order valence-corrected chi connectivity index (χ2v) is 7.74. The van der Waals surface area contributed by atoms with E-state index >= 15 is 0 Å². The molecule has 3 aromatic heterocycles. The normalized spacial score (nSPS) is 10.8. The average molecular weight is 451 g/mol. The number of benzene rings is 1. The smallest absolute Gasteiger partial charge is 0.229 e. The zero-order chi connectivity index (χ0) is 22.7. The van der Waals surface area contributed by atoms with Crippen molar-refractivity contribution in [3.63, 3.8) is 0 Å². The number of nitrogens with zero attached hydrogens (tertiary/aromatic N) is 4. The number of methoxy groups -OCH3 is 3. The van der Waals surface area contributed by atoms with Crippen LogP contribution in [0.5, 0.6) is 17.2 Å². The Labute approximate surface area is 190 Å². The van der Waals surface area contributed by atoms with E-state index in [1.807, 2.05) is 32.0 Å². The molecular formula is C23H22N4O4S. The molecule has 0 saturated carbocycles. The summed E-state index contributed by atoms with van der Waals surface area (Å²) in [6.07, 6.45) is 5.19. The molecule has 1 aromatic carbocycles. The van der Waals surface area contributed by atoms with Gasteiger partial charge in [0.25, 0.3) is 0 Å². The fraction of sp³-hybridized carbons (Fsp3) is 0.217. The molecule has 0 amide bonds. The Kier molecular flexibility index (Phi) is 6.27. The summed E-state index contributed by atoms with van der Waals surface area (Å²) in [6, 6.07) is 7.37. The van der Waals surface area contributed by atoms with Gasteiger partial charge < -0.3 is 18.6 Å². The molecule has 0 aliphatic carbocycles. The fourth-order valence-electron chi connectivity index (χ4n) is 3.08. The Balaban J connectivity index is 1.89. The summed E-state index contributed by atoms with van der Waals surface area (Å²) in [7, 11) is 4.71. The third-order valence-electron chi connectivity index (χ3n) is 4.85. The first-order chi connectivity index (χ1) is 15.5. The molecule has 0 N–H and O–H groups in total. The van der Waals surface area contributed by atoms with Crippen molar-refractivity contribution in [1.29, 1.82) is 0 Å². The van der Waals surface area contributed by atoms with Crippen molar-refractivity contribution in [2.45, 2.75) is 24.1 Å². The Bertz CT molecular complexity index is 1240. The van der Waals surface area contributed by atoms with Gasteiger partial charge in [0, 0.05) is 24.3 Å². The summed E-state index contributed by atoms with van der Waals surface area (Å²) in [6.45, 7) is 3.92. The Morgan fingerprint density at radius 2 is 1.72 bits per heavy atom. The van der Waals surface area contributed by atoms with Crippen LogP contribution >= 0.6 is 11.8 Å². The van der Waals surface area contributed by atoms with Gasteiger partial charge in [-0.2, -0.15) is 0 Å². The monoisotopic (exact) mass is 450 g/mol. The highest BCUT2D eigenvalue weighted by atomic mass is 32.2. The molecule has 8 nitrogen and oxygen atoms in total. The molecule has 0 fully saturated rings. The molecule has 4 rings (SSSR count). The van der Waals surface area contributed by atoms with E-state index in [0.29, 0.717) is 44.6 Å². The minimum absolute atomic E-state index is 0.427. The zero-order valence-corrected chi connectivity index (χ0v) is 19.2. The standard InChI is InChI=1S/C23H22N4O4S/c1-13-11-25-23(26-14(13)2)32-22-18(27-21(31-22)15-7-6-10-24-12-15)16-8-9-17(28-3)20(30-5)19(16)29-4/h6-12H,1-5H3. The highest BCUT2D eigenvalue weighted by Crippen LogP contribution is 2.47. The molecule has 164 valence electrons. The first-order valence-electron chi connectivity index (χ1n) is 9.74. The van der Waals surface area contributed by atoms with Gasteiger partial charge in [-0.25, -0.2) is 15.0 Å². The van der Waals surface area contributed by atoms with Crippen LogP contribution in [0.3, 0.4) is 0 Å². The predicted molar refractivity (Wildman–Crippen MR) is 120 cm³/mol. The second-order valence-electron chi connectivity index (χ2n) is 6.80. The first kappa shape index (κ1) is 21.6. The third-order valence-corrected chi connectivity index (χ3v) is 5.69. The molecule has 0 saturated heterocycles. The molecule has 4 aromatic rings. The van der Waals surface area contributed by atoms with Gasteiger partial charge in [0.1, 0.15) is 5.69 Å². The number of hydrogen-bond acceptors (Lipinski definition) is 9. The predicted octanol–water partition coefficient (Wildman–Crippen LogP) is 4.99. The number of ether oxygens (including phenoxy) is 3. The van der Waals surface area contributed by atoms with Gasteiger partial charge in [-0.05, 0) is 55.4 Å². The van der Waals surface area contributed by atoms with E-state index in [9.17, 15) is 0 Å². The zero-order valence-electron chi connectivity index (χ0n) is 18.4. The molecule has 0 radical (unpaired) electrons. The third kappa shape index (κ3) is 4.11. The molecular weight excluding hydrogens is 428 g/mol. The number of aryl methyl sites for hydroxylation is 2. The maximum Gasteiger partial charge on any atom is 0.229 e. The summed E-state index contributed by atoms with van der Waals surface area (Å²) in [5.74, 6) is 1.93. The SMILES string of the molecule is COc1ccc(-c2nc(-c3cccnc3)oc2Sc2ncc(C)c(C)n2)c(OC)c1OC. The molecule has 9 heteroatoms.